The minimum Gasteiger partial charge on any atom is -0.488 e. The quantitative estimate of drug-likeness (QED) is 0.206. The predicted molar refractivity (Wildman–Crippen MR) is 165 cm³/mol. The van der Waals surface area contributed by atoms with Crippen LogP contribution in [0.15, 0.2) is 71.7 Å². The Bertz CT molecular complexity index is 1190. The number of aliphatic imine (C=N–C) groups is 1. The maximum absolute atomic E-state index is 6.78. The van der Waals surface area contributed by atoms with E-state index in [9.17, 15) is 0 Å². The van der Waals surface area contributed by atoms with Crippen molar-refractivity contribution in [2.75, 3.05) is 0 Å². The molecule has 0 N–H and O–H groups in total. The highest BCUT2D eigenvalue weighted by Crippen LogP contribution is 2.52. The fourth-order valence-corrected chi connectivity index (χ4v) is 6.35. The molecule has 1 unspecified atom stereocenters. The molecule has 37 heavy (non-hydrogen) atoms. The summed E-state index contributed by atoms with van der Waals surface area (Å²) in [6.07, 6.45) is 4.16. The molecule has 0 fully saturated rings. The second-order valence-electron chi connectivity index (χ2n) is 12.1. The fraction of sp³-hybridized carbons (Fsp3) is 0.441. The van der Waals surface area contributed by atoms with Crippen molar-refractivity contribution in [3.8, 4) is 5.75 Å². The van der Waals surface area contributed by atoms with Gasteiger partial charge in [-0.2, -0.15) is 0 Å². The van der Waals surface area contributed by atoms with Crippen LogP contribution in [0.3, 0.4) is 0 Å². The molecule has 0 aliphatic carbocycles. The molecule has 0 aromatic heterocycles. The molecule has 2 nitrogen and oxygen atoms in total. The van der Waals surface area contributed by atoms with Gasteiger partial charge in [-0.05, 0) is 62.4 Å². The lowest BCUT2D eigenvalue weighted by molar-refractivity contribution is 0.289. The molecule has 0 radical (unpaired) electrons. The predicted octanol–water partition coefficient (Wildman–Crippen LogP) is 9.11. The molecule has 0 saturated heterocycles. The van der Waals surface area contributed by atoms with E-state index in [0.29, 0.717) is 15.2 Å². The molecule has 0 heterocycles. The van der Waals surface area contributed by atoms with E-state index in [1.165, 1.54) is 33.1 Å². The van der Waals surface area contributed by atoms with Gasteiger partial charge in [0.1, 0.15) is 12.4 Å². The zero-order valence-corrected chi connectivity index (χ0v) is 25.4. The van der Waals surface area contributed by atoms with Crippen LogP contribution in [0.4, 0.5) is 0 Å². The van der Waals surface area contributed by atoms with Gasteiger partial charge in [-0.1, -0.05) is 115 Å². The van der Waals surface area contributed by atoms with Gasteiger partial charge in [0.15, 0.2) is 0 Å². The molecule has 3 aromatic rings. The summed E-state index contributed by atoms with van der Waals surface area (Å²) in [5.41, 5.74) is 6.22. The Morgan fingerprint density at radius 2 is 1.41 bits per heavy atom. The molecule has 198 valence electrons. The lowest BCUT2D eigenvalue weighted by atomic mass is 9.80. The number of nitrogens with zero attached hydrogens (tertiary/aromatic N) is 1. The third-order valence-corrected chi connectivity index (χ3v) is 9.10. The Labute approximate surface area is 227 Å². The maximum Gasteiger partial charge on any atom is 0.127 e. The van der Waals surface area contributed by atoms with E-state index in [4.69, 9.17) is 9.73 Å². The van der Waals surface area contributed by atoms with Gasteiger partial charge in [-0.15, -0.1) is 0 Å². The van der Waals surface area contributed by atoms with Crippen molar-refractivity contribution in [1.82, 2.24) is 0 Å². The smallest absolute Gasteiger partial charge is 0.127 e. The highest BCUT2D eigenvalue weighted by atomic mass is 31.1. The van der Waals surface area contributed by atoms with E-state index in [0.717, 1.165) is 18.6 Å². The van der Waals surface area contributed by atoms with Gasteiger partial charge < -0.3 is 4.74 Å². The molecule has 3 rings (SSSR count). The van der Waals surface area contributed by atoms with Gasteiger partial charge in [-0.3, -0.25) is 4.99 Å². The first kappa shape index (κ1) is 29.1. The average Bonchev–Trinajstić information content (AvgIpc) is 2.85. The van der Waals surface area contributed by atoms with Crippen LogP contribution in [0.5, 0.6) is 5.75 Å². The van der Waals surface area contributed by atoms with Crippen molar-refractivity contribution >= 4 is 20.1 Å². The molecule has 0 saturated carbocycles. The molecule has 0 spiro atoms. The third kappa shape index (κ3) is 7.55. The monoisotopic (exact) mass is 515 g/mol. The SMILES string of the molecule is CCC(CC)(Pc1ccccc1C=NC(C)(C)C)c1cc(C)cc(C(C)(C)C)c1OCc1ccccc1. The summed E-state index contributed by atoms with van der Waals surface area (Å²) in [7, 11) is 0.608. The molecule has 0 aliphatic heterocycles. The summed E-state index contributed by atoms with van der Waals surface area (Å²) in [6.45, 7) is 20.8. The van der Waals surface area contributed by atoms with Gasteiger partial charge in [0.25, 0.3) is 0 Å². The van der Waals surface area contributed by atoms with Crippen LogP contribution in [-0.2, 0) is 17.2 Å². The second-order valence-corrected chi connectivity index (χ2v) is 13.9. The van der Waals surface area contributed by atoms with E-state index in [-0.39, 0.29) is 16.1 Å². The molecule has 3 heteroatoms. The molecule has 1 atom stereocenters. The highest BCUT2D eigenvalue weighted by Gasteiger charge is 2.35. The van der Waals surface area contributed by atoms with Crippen molar-refractivity contribution in [2.45, 2.75) is 97.9 Å². The number of ether oxygens (including phenoxy) is 1. The zero-order chi connectivity index (χ0) is 27.3. The van der Waals surface area contributed by atoms with Crippen LogP contribution >= 0.6 is 8.58 Å². The lowest BCUT2D eigenvalue weighted by Gasteiger charge is -2.37. The molecule has 0 amide bonds. The Morgan fingerprint density at radius 3 is 2.00 bits per heavy atom. The average molecular weight is 516 g/mol. The number of benzene rings is 3. The van der Waals surface area contributed by atoms with Crippen LogP contribution in [0.25, 0.3) is 0 Å². The molecular weight excluding hydrogens is 469 g/mol. The van der Waals surface area contributed by atoms with Crippen LogP contribution in [0.1, 0.15) is 96.0 Å². The van der Waals surface area contributed by atoms with Gasteiger partial charge in [-0.25, -0.2) is 0 Å². The molecule has 3 aromatic carbocycles. The second kappa shape index (κ2) is 12.0. The molecule has 0 aliphatic rings. The van der Waals surface area contributed by atoms with Gasteiger partial charge in [0.2, 0.25) is 0 Å². The van der Waals surface area contributed by atoms with E-state index in [2.05, 4.69) is 135 Å². The minimum absolute atomic E-state index is 0.0241. The van der Waals surface area contributed by atoms with Gasteiger partial charge >= 0.3 is 0 Å². The van der Waals surface area contributed by atoms with Crippen LogP contribution < -0.4 is 10.0 Å². The third-order valence-electron chi connectivity index (χ3n) is 6.92. The number of hydrogen-bond donors (Lipinski definition) is 0. The maximum atomic E-state index is 6.78. The summed E-state index contributed by atoms with van der Waals surface area (Å²) in [4.78, 5) is 4.84. The van der Waals surface area contributed by atoms with E-state index in [1.54, 1.807) is 0 Å². The Hall–Kier alpha value is -2.44. The number of rotatable bonds is 9. The van der Waals surface area contributed by atoms with Crippen LogP contribution in [0.2, 0.25) is 0 Å². The zero-order valence-electron chi connectivity index (χ0n) is 24.4. The summed E-state index contributed by atoms with van der Waals surface area (Å²) < 4.78 is 6.78. The summed E-state index contributed by atoms with van der Waals surface area (Å²) in [6, 6.07) is 24.0. The Morgan fingerprint density at radius 1 is 0.811 bits per heavy atom. The normalized spacial score (nSPS) is 13.1. The van der Waals surface area contributed by atoms with Crippen molar-refractivity contribution < 1.29 is 4.74 Å². The van der Waals surface area contributed by atoms with Gasteiger partial charge in [0.05, 0.1) is 5.54 Å². The van der Waals surface area contributed by atoms with E-state index >= 15 is 0 Å². The van der Waals surface area contributed by atoms with Crippen molar-refractivity contribution in [2.24, 2.45) is 4.99 Å². The fourth-order valence-electron chi connectivity index (χ4n) is 4.69. The summed E-state index contributed by atoms with van der Waals surface area (Å²) >= 11 is 0. The van der Waals surface area contributed by atoms with Gasteiger partial charge in [0, 0.05) is 22.5 Å². The highest BCUT2D eigenvalue weighted by molar-refractivity contribution is 7.48. The van der Waals surface area contributed by atoms with Crippen molar-refractivity contribution in [3.63, 3.8) is 0 Å². The summed E-state index contributed by atoms with van der Waals surface area (Å²) in [5.74, 6) is 1.07. The first-order valence-electron chi connectivity index (χ1n) is 13.6. The van der Waals surface area contributed by atoms with Crippen molar-refractivity contribution in [1.29, 1.82) is 0 Å². The Balaban J connectivity index is 2.16. The first-order valence-corrected chi connectivity index (χ1v) is 14.6. The topological polar surface area (TPSA) is 21.6 Å². The number of aryl methyl sites for hydroxylation is 1. The molecule has 0 bridgehead atoms. The lowest BCUT2D eigenvalue weighted by Crippen LogP contribution is -2.26. The number of hydrogen-bond acceptors (Lipinski definition) is 2. The minimum atomic E-state index is -0.0978. The summed E-state index contributed by atoms with van der Waals surface area (Å²) in [5, 5.41) is 1.34. The van der Waals surface area contributed by atoms with Crippen LogP contribution in [0, 0.1) is 6.92 Å². The first-order chi connectivity index (χ1) is 17.4. The van der Waals surface area contributed by atoms with E-state index < -0.39 is 0 Å². The molecular formula is C34H46NOP. The van der Waals surface area contributed by atoms with Crippen LogP contribution in [-0.4, -0.2) is 11.8 Å². The van der Waals surface area contributed by atoms with E-state index in [1.807, 2.05) is 0 Å². The standard InChI is InChI=1S/C34H46NOP/c1-10-34(11-2,37-30-20-16-15-19-27(30)23-35-33(7,8)9)29-22-25(3)21-28(32(4,5)6)31(29)36-24-26-17-13-12-14-18-26/h12-23,37H,10-11,24H2,1-9H3. The Kier molecular flexibility index (Phi) is 9.41. The largest absolute Gasteiger partial charge is 0.488 e. The van der Waals surface area contributed by atoms with Crippen molar-refractivity contribution in [3.05, 3.63) is 94.5 Å².